The third-order valence-corrected chi connectivity index (χ3v) is 8.73. The molecule has 1 aliphatic heterocycles. The maximum Gasteiger partial charge on any atom is 0.0602 e. The van der Waals surface area contributed by atoms with Crippen LogP contribution in [0.2, 0.25) is 10.0 Å². The van der Waals surface area contributed by atoms with Crippen LogP contribution in [0.15, 0.2) is 48.5 Å². The third kappa shape index (κ3) is 4.59. The maximum atomic E-state index is 12.0. The highest BCUT2D eigenvalue weighted by molar-refractivity contribution is 7.76. The topological polar surface area (TPSA) is 46.6 Å². The fourth-order valence-corrected chi connectivity index (χ4v) is 7.03. The van der Waals surface area contributed by atoms with E-state index in [2.05, 4.69) is 29.2 Å². The van der Waals surface area contributed by atoms with Crippen LogP contribution in [0.3, 0.4) is 0 Å². The molecule has 4 atom stereocenters. The predicted molar refractivity (Wildman–Crippen MR) is 125 cm³/mol. The zero-order valence-electron chi connectivity index (χ0n) is 17.3. The van der Waals surface area contributed by atoms with Crippen LogP contribution in [0.25, 0.3) is 0 Å². The zero-order valence-corrected chi connectivity index (χ0v) is 19.7. The first-order chi connectivity index (χ1) is 15.0. The van der Waals surface area contributed by atoms with Crippen LogP contribution < -0.4 is 0 Å². The highest BCUT2D eigenvalue weighted by atomic mass is 35.5. The van der Waals surface area contributed by atoms with Crippen LogP contribution >= 0.6 is 23.2 Å². The Morgan fingerprint density at radius 3 is 2.00 bits per heavy atom. The summed E-state index contributed by atoms with van der Waals surface area (Å²) in [5, 5.41) is 1.44. The van der Waals surface area contributed by atoms with Crippen molar-refractivity contribution in [2.24, 2.45) is 17.8 Å². The van der Waals surface area contributed by atoms with Crippen LogP contribution in [0.1, 0.15) is 42.9 Å². The largest absolute Gasteiger partial charge is 0.760 e. The lowest BCUT2D eigenvalue weighted by molar-refractivity contribution is 0.0470. The van der Waals surface area contributed by atoms with E-state index in [0.29, 0.717) is 18.4 Å². The van der Waals surface area contributed by atoms with Gasteiger partial charge >= 0.3 is 0 Å². The number of likely N-dealkylation sites (tertiary alicyclic amines) is 1. The molecule has 2 aromatic rings. The molecule has 0 spiro atoms. The Kier molecular flexibility index (Phi) is 6.44. The van der Waals surface area contributed by atoms with Crippen molar-refractivity contribution in [3.8, 4) is 0 Å². The Morgan fingerprint density at radius 1 is 0.968 bits per heavy atom. The fourth-order valence-electron chi connectivity index (χ4n) is 5.97. The first-order valence-electron chi connectivity index (χ1n) is 11.1. The van der Waals surface area contributed by atoms with Crippen molar-refractivity contribution >= 4 is 34.5 Å². The van der Waals surface area contributed by atoms with Crippen molar-refractivity contribution in [3.05, 3.63) is 69.7 Å². The van der Waals surface area contributed by atoms with Gasteiger partial charge in [-0.1, -0.05) is 53.9 Å². The van der Waals surface area contributed by atoms with Gasteiger partial charge in [-0.25, -0.2) is 4.31 Å². The molecule has 0 aromatic heterocycles. The molecule has 5 rings (SSSR count). The van der Waals surface area contributed by atoms with E-state index in [1.54, 1.807) is 4.31 Å². The number of fused-ring (bicyclic) bond motifs is 2. The average molecular weight is 478 g/mol. The van der Waals surface area contributed by atoms with Crippen molar-refractivity contribution in [1.29, 1.82) is 0 Å². The van der Waals surface area contributed by atoms with E-state index < -0.39 is 11.3 Å². The lowest BCUT2D eigenvalue weighted by Crippen LogP contribution is -2.54. The summed E-state index contributed by atoms with van der Waals surface area (Å²) in [4.78, 5) is 2.42. The smallest absolute Gasteiger partial charge is 0.0602 e. The summed E-state index contributed by atoms with van der Waals surface area (Å²) in [6.45, 7) is 2.39. The van der Waals surface area contributed by atoms with Crippen LogP contribution in [0.4, 0.5) is 0 Å². The molecule has 4 nitrogen and oxygen atoms in total. The van der Waals surface area contributed by atoms with E-state index in [0.717, 1.165) is 35.5 Å². The quantitative estimate of drug-likeness (QED) is 0.508. The Bertz CT molecular complexity index is 888. The fraction of sp³-hybridized carbons (Fsp3) is 0.500. The summed E-state index contributed by atoms with van der Waals surface area (Å²) in [6.07, 6.45) is 4.73. The van der Waals surface area contributed by atoms with E-state index in [4.69, 9.17) is 23.2 Å². The molecule has 0 amide bonds. The van der Waals surface area contributed by atoms with Gasteiger partial charge in [-0.05, 0) is 72.4 Å². The van der Waals surface area contributed by atoms with Gasteiger partial charge in [-0.3, -0.25) is 9.11 Å². The number of benzene rings is 2. The van der Waals surface area contributed by atoms with Gasteiger partial charge in [-0.15, -0.1) is 0 Å². The highest BCUT2D eigenvalue weighted by Crippen LogP contribution is 2.47. The minimum atomic E-state index is -2.15. The molecule has 166 valence electrons. The molecule has 1 heterocycles. The van der Waals surface area contributed by atoms with Crippen molar-refractivity contribution in [1.82, 2.24) is 9.21 Å². The van der Waals surface area contributed by atoms with E-state index in [1.165, 1.54) is 30.4 Å². The lowest BCUT2D eigenvalue weighted by atomic mass is 9.89. The summed E-state index contributed by atoms with van der Waals surface area (Å²) in [7, 11) is 0. The van der Waals surface area contributed by atoms with Crippen LogP contribution in [-0.2, 0) is 11.3 Å². The van der Waals surface area contributed by atoms with Crippen molar-refractivity contribution in [2.75, 3.05) is 19.6 Å². The van der Waals surface area contributed by atoms with E-state index in [9.17, 15) is 8.76 Å². The van der Waals surface area contributed by atoms with Crippen LogP contribution in [-0.4, -0.2) is 43.6 Å². The second kappa shape index (κ2) is 9.12. The number of nitrogens with zero attached hydrogens (tertiary/aromatic N) is 2. The molecule has 2 bridgehead atoms. The Balaban J connectivity index is 1.29. The standard InChI is InChI=1S/C24H28Cl2N2O2S/c25-21-7-3-18(4-8-21)24(19-5-9-22(26)10-6-19)27-13-17(14-27)15-28(31(29)30)23-12-16-1-2-20(23)11-16/h3-10,16-17,20,23-24H,1-2,11-15H2,(H,29,30)/p-1/t16-,20+,23-/m0/s1. The summed E-state index contributed by atoms with van der Waals surface area (Å²) >= 11 is 10.1. The van der Waals surface area contributed by atoms with Gasteiger partial charge in [0.15, 0.2) is 0 Å². The molecule has 2 aliphatic carbocycles. The Hall–Kier alpha value is -0.950. The van der Waals surface area contributed by atoms with Crippen molar-refractivity contribution in [3.63, 3.8) is 0 Å². The SMILES string of the molecule is O=S([O-])N(CC1CN(C(c2ccc(Cl)cc2)c2ccc(Cl)cc2)C1)[C@H]1C[C@H]2CC[C@@H]1C2. The third-order valence-electron chi connectivity index (χ3n) is 7.42. The second-order valence-corrected chi connectivity index (χ2v) is 11.2. The summed E-state index contributed by atoms with van der Waals surface area (Å²) in [5.74, 6) is 1.66. The van der Waals surface area contributed by atoms with Gasteiger partial charge < -0.3 is 4.55 Å². The molecule has 0 N–H and O–H groups in total. The average Bonchev–Trinajstić information content (AvgIpc) is 3.35. The van der Waals surface area contributed by atoms with Crippen molar-refractivity contribution in [2.45, 2.75) is 37.8 Å². The summed E-state index contributed by atoms with van der Waals surface area (Å²) in [6, 6.07) is 16.3. The summed E-state index contributed by atoms with van der Waals surface area (Å²) < 4.78 is 25.9. The van der Waals surface area contributed by atoms with E-state index in [-0.39, 0.29) is 12.1 Å². The molecule has 2 aromatic carbocycles. The highest BCUT2D eigenvalue weighted by Gasteiger charge is 2.44. The van der Waals surface area contributed by atoms with Gasteiger partial charge in [0.05, 0.1) is 6.04 Å². The van der Waals surface area contributed by atoms with Gasteiger partial charge in [0.1, 0.15) is 0 Å². The molecular formula is C24H27Cl2N2O2S-. The molecule has 1 unspecified atom stereocenters. The first kappa shape index (κ1) is 21.9. The lowest BCUT2D eigenvalue weighted by Gasteiger charge is -2.48. The molecule has 3 aliphatic rings. The molecule has 0 radical (unpaired) electrons. The number of hydrogen-bond acceptors (Lipinski definition) is 3. The molecule has 31 heavy (non-hydrogen) atoms. The van der Waals surface area contributed by atoms with Crippen molar-refractivity contribution < 1.29 is 8.76 Å². The number of rotatable bonds is 7. The van der Waals surface area contributed by atoms with Crippen LogP contribution in [0, 0.1) is 17.8 Å². The van der Waals surface area contributed by atoms with Gasteiger partial charge in [-0.2, -0.15) is 0 Å². The first-order valence-corrected chi connectivity index (χ1v) is 12.9. The maximum absolute atomic E-state index is 12.0. The van der Waals surface area contributed by atoms with Crippen LogP contribution in [0.5, 0.6) is 0 Å². The minimum Gasteiger partial charge on any atom is -0.760 e. The normalized spacial score (nSPS) is 27.2. The van der Waals surface area contributed by atoms with Gasteiger partial charge in [0, 0.05) is 47.0 Å². The van der Waals surface area contributed by atoms with E-state index in [1.807, 2.05) is 24.3 Å². The predicted octanol–water partition coefficient (Wildman–Crippen LogP) is 5.30. The second-order valence-electron chi connectivity index (χ2n) is 9.38. The summed E-state index contributed by atoms with van der Waals surface area (Å²) in [5.41, 5.74) is 2.37. The van der Waals surface area contributed by atoms with E-state index >= 15 is 0 Å². The van der Waals surface area contributed by atoms with Gasteiger partial charge in [0.25, 0.3) is 0 Å². The molecule has 1 saturated heterocycles. The Labute approximate surface area is 196 Å². The minimum absolute atomic E-state index is 0.111. The molecule has 3 fully saturated rings. The molecule has 7 heteroatoms. The Morgan fingerprint density at radius 2 is 1.55 bits per heavy atom. The number of hydrogen-bond donors (Lipinski definition) is 0. The zero-order chi connectivity index (χ0) is 21.5. The monoisotopic (exact) mass is 477 g/mol. The van der Waals surface area contributed by atoms with Gasteiger partial charge in [0.2, 0.25) is 0 Å². The molecular weight excluding hydrogens is 451 g/mol. The molecule has 2 saturated carbocycles. The number of halogens is 2.